The number of hydrogen-bond donors (Lipinski definition) is 1. The lowest BCUT2D eigenvalue weighted by molar-refractivity contribution is -0.160. The molecule has 1 aromatic rings. The Bertz CT molecular complexity index is 704. The Hall–Kier alpha value is -1.25. The molecule has 1 N–H and O–H groups in total. The van der Waals surface area contributed by atoms with Gasteiger partial charge < -0.3 is 9.05 Å². The maximum Gasteiger partial charge on any atom is 0.350 e. The van der Waals surface area contributed by atoms with Crippen LogP contribution < -0.4 is 11.2 Å². The molecule has 0 aromatic carbocycles. The summed E-state index contributed by atoms with van der Waals surface area (Å²) in [5.41, 5.74) is -0.636. The Morgan fingerprint density at radius 3 is 2.52 bits per heavy atom. The van der Waals surface area contributed by atoms with Crippen LogP contribution in [0.1, 0.15) is 32.1 Å². The summed E-state index contributed by atoms with van der Waals surface area (Å²) in [6.45, 7) is 5.54. The molecule has 1 aliphatic heterocycles. The predicted molar refractivity (Wildman–Crippen MR) is 83.2 cm³/mol. The highest BCUT2D eigenvalue weighted by Crippen LogP contribution is 2.58. The number of hydrogen-bond acceptors (Lipinski definition) is 7. The summed E-state index contributed by atoms with van der Waals surface area (Å²) in [5.74, 6) is -0.633. The molecule has 0 aliphatic carbocycles. The first-order valence-corrected chi connectivity index (χ1v) is 9.04. The molecule has 2 heterocycles. The standard InChI is InChI=1S/C13H22N3O6P/c1-5-20-23(19,21-6-2)11-7-10(22-15(11)4)16-8-9(3)12(17)14-13(16)18/h8,10-11H,5-7H2,1-4H3,(H,14,17,18)/t10-,11+/m1/s1. The van der Waals surface area contributed by atoms with E-state index in [-0.39, 0.29) is 19.6 Å². The number of nitrogens with one attached hydrogen (secondary N) is 1. The van der Waals surface area contributed by atoms with Crippen LogP contribution in [0.5, 0.6) is 0 Å². The van der Waals surface area contributed by atoms with Gasteiger partial charge in [0.25, 0.3) is 5.56 Å². The van der Waals surface area contributed by atoms with Crippen LogP contribution in [-0.2, 0) is 18.5 Å². The minimum Gasteiger partial charge on any atom is -0.308 e. The molecule has 130 valence electrons. The van der Waals surface area contributed by atoms with E-state index in [4.69, 9.17) is 13.9 Å². The molecule has 0 spiro atoms. The Kier molecular flexibility index (Phi) is 5.59. The van der Waals surface area contributed by atoms with Gasteiger partial charge in [-0.2, -0.15) is 5.06 Å². The summed E-state index contributed by atoms with van der Waals surface area (Å²) in [4.78, 5) is 31.3. The molecule has 1 fully saturated rings. The van der Waals surface area contributed by atoms with Gasteiger partial charge in [0.2, 0.25) is 0 Å². The van der Waals surface area contributed by atoms with Gasteiger partial charge in [0.05, 0.1) is 13.2 Å². The van der Waals surface area contributed by atoms with E-state index >= 15 is 0 Å². The first-order chi connectivity index (χ1) is 10.8. The van der Waals surface area contributed by atoms with Crippen molar-refractivity contribution in [3.63, 3.8) is 0 Å². The number of H-pyrrole nitrogens is 1. The fourth-order valence-corrected chi connectivity index (χ4v) is 4.53. The highest BCUT2D eigenvalue weighted by Gasteiger charge is 2.46. The fraction of sp³-hybridized carbons (Fsp3) is 0.692. The number of aromatic nitrogens is 2. The van der Waals surface area contributed by atoms with Crippen LogP contribution in [0, 0.1) is 6.92 Å². The third kappa shape index (κ3) is 3.64. The summed E-state index contributed by atoms with van der Waals surface area (Å²) < 4.78 is 24.9. The van der Waals surface area contributed by atoms with E-state index < -0.39 is 30.9 Å². The van der Waals surface area contributed by atoms with Gasteiger partial charge in [-0.15, -0.1) is 0 Å². The normalized spacial score (nSPS) is 22.6. The Balaban J connectivity index is 2.31. The summed E-state index contributed by atoms with van der Waals surface area (Å²) in [6.07, 6.45) is 0.968. The largest absolute Gasteiger partial charge is 0.350 e. The molecule has 0 saturated carbocycles. The molecule has 0 bridgehead atoms. The summed E-state index contributed by atoms with van der Waals surface area (Å²) in [7, 11) is -1.79. The highest BCUT2D eigenvalue weighted by molar-refractivity contribution is 7.54. The van der Waals surface area contributed by atoms with E-state index in [2.05, 4.69) is 4.98 Å². The van der Waals surface area contributed by atoms with Gasteiger partial charge in [-0.1, -0.05) is 0 Å². The van der Waals surface area contributed by atoms with E-state index in [9.17, 15) is 14.2 Å². The molecule has 9 nitrogen and oxygen atoms in total. The molecule has 0 radical (unpaired) electrons. The zero-order valence-corrected chi connectivity index (χ0v) is 14.5. The van der Waals surface area contributed by atoms with Gasteiger partial charge in [-0.25, -0.2) is 4.79 Å². The zero-order chi connectivity index (χ0) is 17.2. The molecule has 1 saturated heterocycles. The lowest BCUT2D eigenvalue weighted by atomic mass is 10.3. The first-order valence-electron chi connectivity index (χ1n) is 7.42. The van der Waals surface area contributed by atoms with Gasteiger partial charge in [0.15, 0.2) is 6.23 Å². The SMILES string of the molecule is CCOP(=O)(OCC)[C@H]1C[C@H](n2cc(C)c(=O)[nH]c2=O)ON1C. The van der Waals surface area contributed by atoms with Crippen LogP contribution in [-0.4, -0.2) is 40.7 Å². The fourth-order valence-electron chi connectivity index (χ4n) is 2.50. The minimum absolute atomic E-state index is 0.235. The molecule has 0 amide bonds. The third-order valence-corrected chi connectivity index (χ3v) is 6.06. The topological polar surface area (TPSA) is 103 Å². The van der Waals surface area contributed by atoms with Gasteiger partial charge in [-0.3, -0.25) is 23.7 Å². The van der Waals surface area contributed by atoms with Gasteiger partial charge in [0.1, 0.15) is 5.78 Å². The lowest BCUT2D eigenvalue weighted by Crippen LogP contribution is -2.33. The number of hydroxylamine groups is 2. The van der Waals surface area contributed by atoms with Crippen molar-refractivity contribution in [2.45, 2.75) is 39.2 Å². The number of rotatable bonds is 6. The molecular weight excluding hydrogens is 325 g/mol. The zero-order valence-electron chi connectivity index (χ0n) is 13.6. The Labute approximate surface area is 133 Å². The van der Waals surface area contributed by atoms with Crippen molar-refractivity contribution in [2.24, 2.45) is 0 Å². The van der Waals surface area contributed by atoms with Crippen molar-refractivity contribution < 1.29 is 18.5 Å². The van der Waals surface area contributed by atoms with E-state index in [1.54, 1.807) is 27.8 Å². The summed E-state index contributed by atoms with van der Waals surface area (Å²) >= 11 is 0. The van der Waals surface area contributed by atoms with Crippen molar-refractivity contribution in [3.8, 4) is 0 Å². The smallest absolute Gasteiger partial charge is 0.308 e. The maximum absolute atomic E-state index is 12.9. The van der Waals surface area contributed by atoms with Crippen molar-refractivity contribution in [1.82, 2.24) is 14.6 Å². The molecule has 0 unspecified atom stereocenters. The average molecular weight is 347 g/mol. The van der Waals surface area contributed by atoms with Crippen LogP contribution in [0.15, 0.2) is 15.8 Å². The van der Waals surface area contributed by atoms with E-state index in [0.717, 1.165) is 0 Å². The average Bonchev–Trinajstić information content (AvgIpc) is 2.86. The van der Waals surface area contributed by atoms with Crippen molar-refractivity contribution in [1.29, 1.82) is 0 Å². The van der Waals surface area contributed by atoms with Gasteiger partial charge in [0, 0.05) is 25.2 Å². The minimum atomic E-state index is -3.40. The second kappa shape index (κ2) is 7.11. The molecule has 10 heteroatoms. The maximum atomic E-state index is 12.9. The Morgan fingerprint density at radius 2 is 1.96 bits per heavy atom. The predicted octanol–water partition coefficient (Wildman–Crippen LogP) is 1.20. The third-order valence-electron chi connectivity index (χ3n) is 3.56. The first kappa shape index (κ1) is 18.1. The van der Waals surface area contributed by atoms with Crippen LogP contribution in [0.3, 0.4) is 0 Å². The van der Waals surface area contributed by atoms with Crippen LogP contribution in [0.25, 0.3) is 0 Å². The lowest BCUT2D eigenvalue weighted by Gasteiger charge is -2.25. The molecule has 1 aliphatic rings. The number of nitrogens with zero attached hydrogens (tertiary/aromatic N) is 2. The van der Waals surface area contributed by atoms with Crippen molar-refractivity contribution in [2.75, 3.05) is 20.3 Å². The molecule has 2 rings (SSSR count). The second-order valence-corrected chi connectivity index (χ2v) is 7.37. The van der Waals surface area contributed by atoms with E-state index in [1.165, 1.54) is 15.8 Å². The second-order valence-electron chi connectivity index (χ2n) is 5.18. The van der Waals surface area contributed by atoms with Crippen LogP contribution in [0.4, 0.5) is 0 Å². The van der Waals surface area contributed by atoms with Crippen molar-refractivity contribution >= 4 is 7.60 Å². The number of aryl methyl sites for hydroxylation is 1. The van der Waals surface area contributed by atoms with Gasteiger partial charge in [-0.05, 0) is 20.8 Å². The summed E-state index contributed by atoms with van der Waals surface area (Å²) in [5, 5.41) is 1.39. The van der Waals surface area contributed by atoms with E-state index in [0.29, 0.717) is 5.56 Å². The van der Waals surface area contributed by atoms with E-state index in [1.807, 2.05) is 0 Å². The summed E-state index contributed by atoms with van der Waals surface area (Å²) in [6, 6.07) is 0. The van der Waals surface area contributed by atoms with Gasteiger partial charge >= 0.3 is 13.3 Å². The molecule has 1 aromatic heterocycles. The highest BCUT2D eigenvalue weighted by atomic mass is 31.2. The Morgan fingerprint density at radius 1 is 1.35 bits per heavy atom. The molecular formula is C13H22N3O6P. The number of aromatic amines is 1. The van der Waals surface area contributed by atoms with Crippen molar-refractivity contribution in [3.05, 3.63) is 32.6 Å². The molecule has 23 heavy (non-hydrogen) atoms. The molecule has 2 atom stereocenters. The van der Waals surface area contributed by atoms with Crippen LogP contribution in [0.2, 0.25) is 0 Å². The van der Waals surface area contributed by atoms with Crippen LogP contribution >= 0.6 is 7.60 Å². The monoisotopic (exact) mass is 347 g/mol. The quantitative estimate of drug-likeness (QED) is 0.771.